The number of hydrazine groups is 1. The van der Waals surface area contributed by atoms with Crippen LogP contribution in [0.3, 0.4) is 0 Å². The highest BCUT2D eigenvalue weighted by atomic mass is 16.6. The third-order valence-electron chi connectivity index (χ3n) is 2.96. The summed E-state index contributed by atoms with van der Waals surface area (Å²) in [5, 5.41) is 4.11. The van der Waals surface area contributed by atoms with Crippen LogP contribution in [-0.4, -0.2) is 29.3 Å². The van der Waals surface area contributed by atoms with Gasteiger partial charge in [-0.1, -0.05) is 37.3 Å². The molecule has 1 rings (SSSR count). The van der Waals surface area contributed by atoms with E-state index in [0.717, 1.165) is 5.56 Å². The van der Waals surface area contributed by atoms with E-state index in [0.29, 0.717) is 13.0 Å². The summed E-state index contributed by atoms with van der Waals surface area (Å²) < 4.78 is 5.18. The van der Waals surface area contributed by atoms with E-state index in [1.165, 1.54) is 5.01 Å². The van der Waals surface area contributed by atoms with Crippen LogP contribution in [0, 0.1) is 0 Å². The monoisotopic (exact) mass is 321 g/mol. The predicted molar refractivity (Wildman–Crippen MR) is 89.8 cm³/mol. The second-order valence-corrected chi connectivity index (χ2v) is 6.35. The summed E-state index contributed by atoms with van der Waals surface area (Å²) in [4.78, 5) is 24.2. The predicted octanol–water partition coefficient (Wildman–Crippen LogP) is 3.61. The second kappa shape index (κ2) is 8.41. The van der Waals surface area contributed by atoms with Crippen LogP contribution in [0.2, 0.25) is 0 Å². The van der Waals surface area contributed by atoms with Crippen molar-refractivity contribution in [1.82, 2.24) is 15.8 Å². The fraction of sp³-hybridized carbons (Fsp3) is 0.529. The van der Waals surface area contributed by atoms with Crippen molar-refractivity contribution in [2.24, 2.45) is 0 Å². The Hall–Kier alpha value is -2.24. The lowest BCUT2D eigenvalue weighted by Crippen LogP contribution is -2.52. The van der Waals surface area contributed by atoms with Crippen molar-refractivity contribution in [3.05, 3.63) is 35.9 Å². The number of nitrogens with one attached hydrogen (secondary N) is 2. The molecular formula is C17H27N3O3. The maximum Gasteiger partial charge on any atom is 0.426 e. The zero-order valence-electron chi connectivity index (χ0n) is 14.6. The van der Waals surface area contributed by atoms with Crippen LogP contribution in [0.15, 0.2) is 30.3 Å². The van der Waals surface area contributed by atoms with Crippen LogP contribution in [0.25, 0.3) is 0 Å². The first-order valence-corrected chi connectivity index (χ1v) is 7.85. The number of nitrogens with zero attached hydrogens (tertiary/aromatic N) is 1. The molecule has 128 valence electrons. The zero-order valence-corrected chi connectivity index (χ0v) is 14.6. The van der Waals surface area contributed by atoms with E-state index >= 15 is 0 Å². The maximum atomic E-state index is 12.4. The van der Waals surface area contributed by atoms with Crippen molar-refractivity contribution in [1.29, 1.82) is 0 Å². The molecule has 0 aliphatic heterocycles. The molecule has 1 atom stereocenters. The van der Waals surface area contributed by atoms with E-state index < -0.39 is 11.7 Å². The number of rotatable bonds is 4. The average Bonchev–Trinajstić information content (AvgIpc) is 2.45. The third kappa shape index (κ3) is 7.04. The smallest absolute Gasteiger partial charge is 0.426 e. The lowest BCUT2D eigenvalue weighted by molar-refractivity contribution is 0.0376. The first-order valence-electron chi connectivity index (χ1n) is 7.85. The quantitative estimate of drug-likeness (QED) is 0.832. The van der Waals surface area contributed by atoms with E-state index in [2.05, 4.69) is 10.7 Å². The van der Waals surface area contributed by atoms with E-state index in [-0.39, 0.29) is 12.1 Å². The Morgan fingerprint density at radius 1 is 1.22 bits per heavy atom. The van der Waals surface area contributed by atoms with Crippen LogP contribution in [0.4, 0.5) is 9.59 Å². The van der Waals surface area contributed by atoms with Gasteiger partial charge in [-0.3, -0.25) is 0 Å². The Balaban J connectivity index is 2.65. The first kappa shape index (κ1) is 18.8. The molecule has 0 saturated heterocycles. The van der Waals surface area contributed by atoms with Crippen molar-refractivity contribution < 1.29 is 14.3 Å². The van der Waals surface area contributed by atoms with Gasteiger partial charge in [-0.2, -0.15) is 0 Å². The number of amides is 3. The van der Waals surface area contributed by atoms with Gasteiger partial charge in [0.15, 0.2) is 0 Å². The molecule has 0 heterocycles. The lowest BCUT2D eigenvalue weighted by atomic mass is 10.1. The largest absolute Gasteiger partial charge is 0.443 e. The average molecular weight is 321 g/mol. The summed E-state index contributed by atoms with van der Waals surface area (Å²) in [5.74, 6) is 0. The highest BCUT2D eigenvalue weighted by Gasteiger charge is 2.22. The Morgan fingerprint density at radius 2 is 1.83 bits per heavy atom. The number of hydrogen-bond acceptors (Lipinski definition) is 3. The van der Waals surface area contributed by atoms with Gasteiger partial charge in [0.1, 0.15) is 5.60 Å². The Bertz CT molecular complexity index is 512. The standard InChI is InChI=1S/C17H27N3O3/c1-6-12-20(19-16(22)23-17(3,4)5)15(21)18-13(2)14-10-8-7-9-11-14/h7-11,13H,6,12H2,1-5H3,(H,18,21)(H,19,22)/t13-/m0/s1. The van der Waals surface area contributed by atoms with Gasteiger partial charge in [0, 0.05) is 6.54 Å². The zero-order chi connectivity index (χ0) is 17.5. The normalized spacial score (nSPS) is 12.2. The van der Waals surface area contributed by atoms with Gasteiger partial charge in [-0.05, 0) is 39.7 Å². The summed E-state index contributed by atoms with van der Waals surface area (Å²) in [6.45, 7) is 9.53. The van der Waals surface area contributed by atoms with Crippen LogP contribution >= 0.6 is 0 Å². The highest BCUT2D eigenvalue weighted by molar-refractivity contribution is 5.78. The molecule has 0 fully saturated rings. The molecule has 6 nitrogen and oxygen atoms in total. The van der Waals surface area contributed by atoms with Gasteiger partial charge in [-0.25, -0.2) is 20.0 Å². The van der Waals surface area contributed by atoms with Gasteiger partial charge in [0.05, 0.1) is 6.04 Å². The fourth-order valence-corrected chi connectivity index (χ4v) is 1.93. The molecule has 6 heteroatoms. The number of carbonyl (C=O) groups excluding carboxylic acids is 2. The Kier molecular flexibility index (Phi) is 6.88. The molecule has 1 aromatic carbocycles. The molecule has 23 heavy (non-hydrogen) atoms. The van der Waals surface area contributed by atoms with E-state index in [4.69, 9.17) is 4.74 Å². The van der Waals surface area contributed by atoms with E-state index in [9.17, 15) is 9.59 Å². The third-order valence-corrected chi connectivity index (χ3v) is 2.96. The number of benzene rings is 1. The molecule has 0 aromatic heterocycles. The summed E-state index contributed by atoms with van der Waals surface area (Å²) in [6.07, 6.45) is 0.0663. The van der Waals surface area contributed by atoms with Crippen molar-refractivity contribution in [2.75, 3.05) is 6.54 Å². The Morgan fingerprint density at radius 3 is 2.35 bits per heavy atom. The molecule has 0 bridgehead atoms. The minimum absolute atomic E-state index is 0.163. The van der Waals surface area contributed by atoms with Gasteiger partial charge < -0.3 is 10.1 Å². The summed E-state index contributed by atoms with van der Waals surface area (Å²) in [6, 6.07) is 9.11. The number of hydrogen-bond donors (Lipinski definition) is 2. The van der Waals surface area contributed by atoms with Crippen LogP contribution in [0.5, 0.6) is 0 Å². The number of carbonyl (C=O) groups is 2. The Labute approximate surface area is 138 Å². The summed E-state index contributed by atoms with van der Waals surface area (Å²) in [7, 11) is 0. The lowest BCUT2D eigenvalue weighted by Gasteiger charge is -2.27. The molecular weight excluding hydrogens is 294 g/mol. The molecule has 0 unspecified atom stereocenters. The molecule has 3 amide bonds. The fourth-order valence-electron chi connectivity index (χ4n) is 1.93. The minimum Gasteiger partial charge on any atom is -0.443 e. The summed E-state index contributed by atoms with van der Waals surface area (Å²) >= 11 is 0. The van der Waals surface area contributed by atoms with Crippen molar-refractivity contribution in [3.63, 3.8) is 0 Å². The minimum atomic E-state index is -0.645. The topological polar surface area (TPSA) is 70.7 Å². The SMILES string of the molecule is CCCN(NC(=O)OC(C)(C)C)C(=O)N[C@@H](C)c1ccccc1. The molecule has 2 N–H and O–H groups in total. The van der Waals surface area contributed by atoms with E-state index in [1.54, 1.807) is 20.8 Å². The van der Waals surface area contributed by atoms with Crippen LogP contribution in [0.1, 0.15) is 52.6 Å². The molecule has 1 aromatic rings. The van der Waals surface area contributed by atoms with Crippen molar-refractivity contribution in [2.45, 2.75) is 52.7 Å². The van der Waals surface area contributed by atoms with Gasteiger partial charge in [-0.15, -0.1) is 0 Å². The van der Waals surface area contributed by atoms with Crippen LogP contribution in [-0.2, 0) is 4.74 Å². The number of ether oxygens (including phenoxy) is 1. The van der Waals surface area contributed by atoms with Crippen molar-refractivity contribution in [3.8, 4) is 0 Å². The molecule has 0 radical (unpaired) electrons. The van der Waals surface area contributed by atoms with Crippen molar-refractivity contribution >= 4 is 12.1 Å². The first-order chi connectivity index (χ1) is 10.7. The maximum absolute atomic E-state index is 12.4. The second-order valence-electron chi connectivity index (χ2n) is 6.35. The molecule has 0 saturated carbocycles. The summed E-state index contributed by atoms with van der Waals surface area (Å²) in [5.41, 5.74) is 2.87. The van der Waals surface area contributed by atoms with Gasteiger partial charge in [0.25, 0.3) is 0 Å². The molecule has 0 aliphatic carbocycles. The number of urea groups is 1. The molecule has 0 spiro atoms. The highest BCUT2D eigenvalue weighted by Crippen LogP contribution is 2.12. The van der Waals surface area contributed by atoms with Crippen LogP contribution < -0.4 is 10.7 Å². The molecule has 0 aliphatic rings. The van der Waals surface area contributed by atoms with Gasteiger partial charge >= 0.3 is 12.1 Å². The van der Waals surface area contributed by atoms with Gasteiger partial charge in [0.2, 0.25) is 0 Å². The van der Waals surface area contributed by atoms with E-state index in [1.807, 2.05) is 44.2 Å².